The van der Waals surface area contributed by atoms with Crippen LogP contribution in [-0.2, 0) is 11.3 Å². The molecule has 1 aliphatic heterocycles. The second kappa shape index (κ2) is 6.50. The summed E-state index contributed by atoms with van der Waals surface area (Å²) < 4.78 is 5.14. The van der Waals surface area contributed by atoms with Gasteiger partial charge in [0.15, 0.2) is 0 Å². The van der Waals surface area contributed by atoms with Crippen LogP contribution < -0.4 is 5.32 Å². The molecule has 96 valence electrons. The van der Waals surface area contributed by atoms with Gasteiger partial charge >= 0.3 is 0 Å². The van der Waals surface area contributed by atoms with E-state index in [2.05, 4.69) is 22.4 Å². The van der Waals surface area contributed by atoms with Crippen molar-refractivity contribution in [1.29, 1.82) is 5.26 Å². The number of rotatable bonds is 4. The average molecular weight is 245 g/mol. The van der Waals surface area contributed by atoms with E-state index in [0.717, 1.165) is 37.3 Å². The molecule has 1 unspecified atom stereocenters. The van der Waals surface area contributed by atoms with Crippen LogP contribution in [0.3, 0.4) is 0 Å². The molecule has 1 saturated heterocycles. The first-order chi connectivity index (χ1) is 8.85. The van der Waals surface area contributed by atoms with Gasteiger partial charge in [0.25, 0.3) is 0 Å². The van der Waals surface area contributed by atoms with Gasteiger partial charge in [-0.2, -0.15) is 5.26 Å². The predicted molar refractivity (Wildman–Crippen MR) is 70.0 cm³/mol. The Morgan fingerprint density at radius 3 is 2.89 bits per heavy atom. The van der Waals surface area contributed by atoms with Gasteiger partial charge in [-0.05, 0) is 11.1 Å². The molecule has 0 saturated carbocycles. The number of hydrogen-bond acceptors (Lipinski definition) is 4. The number of methoxy groups -OCH3 is 1. The highest BCUT2D eigenvalue weighted by atomic mass is 16.5. The molecule has 1 aromatic rings. The van der Waals surface area contributed by atoms with E-state index in [0.29, 0.717) is 6.61 Å². The third kappa shape index (κ3) is 3.08. The summed E-state index contributed by atoms with van der Waals surface area (Å²) in [6.45, 7) is 4.35. The molecule has 4 nitrogen and oxygen atoms in total. The standard InChI is InChI=1S/C14H19N3O/c1-18-11-12-3-2-4-13(9-12)14(10-15)17-7-5-16-6-8-17/h2-4,9,14,16H,5-8,11H2,1H3. The van der Waals surface area contributed by atoms with Gasteiger partial charge in [0.2, 0.25) is 0 Å². The zero-order chi connectivity index (χ0) is 12.8. The highest BCUT2D eigenvalue weighted by molar-refractivity contribution is 5.29. The van der Waals surface area contributed by atoms with Crippen molar-refractivity contribution >= 4 is 0 Å². The lowest BCUT2D eigenvalue weighted by atomic mass is 10.0. The van der Waals surface area contributed by atoms with Crippen molar-refractivity contribution < 1.29 is 4.74 Å². The van der Waals surface area contributed by atoms with Gasteiger partial charge in [-0.25, -0.2) is 0 Å². The molecule has 0 radical (unpaired) electrons. The summed E-state index contributed by atoms with van der Waals surface area (Å²) in [5.74, 6) is 0. The van der Waals surface area contributed by atoms with Gasteiger partial charge in [-0.3, -0.25) is 4.90 Å². The Morgan fingerprint density at radius 2 is 2.22 bits per heavy atom. The molecule has 1 fully saturated rings. The third-order valence-corrected chi connectivity index (χ3v) is 3.22. The Morgan fingerprint density at radius 1 is 1.44 bits per heavy atom. The van der Waals surface area contributed by atoms with Crippen molar-refractivity contribution in [2.75, 3.05) is 33.3 Å². The molecule has 1 N–H and O–H groups in total. The van der Waals surface area contributed by atoms with Crippen LogP contribution in [0, 0.1) is 11.3 Å². The van der Waals surface area contributed by atoms with Crippen molar-refractivity contribution in [3.05, 3.63) is 35.4 Å². The summed E-state index contributed by atoms with van der Waals surface area (Å²) >= 11 is 0. The molecule has 1 atom stereocenters. The third-order valence-electron chi connectivity index (χ3n) is 3.22. The van der Waals surface area contributed by atoms with Crippen molar-refractivity contribution in [3.63, 3.8) is 0 Å². The zero-order valence-corrected chi connectivity index (χ0v) is 10.7. The summed E-state index contributed by atoms with van der Waals surface area (Å²) in [6.07, 6.45) is 0. The first-order valence-corrected chi connectivity index (χ1v) is 6.27. The van der Waals surface area contributed by atoms with E-state index in [1.807, 2.05) is 18.2 Å². The lowest BCUT2D eigenvalue weighted by molar-refractivity contribution is 0.184. The second-order valence-corrected chi connectivity index (χ2v) is 4.50. The van der Waals surface area contributed by atoms with E-state index in [1.165, 1.54) is 0 Å². The summed E-state index contributed by atoms with van der Waals surface area (Å²) in [5.41, 5.74) is 2.18. The Bertz CT molecular complexity index is 421. The fraction of sp³-hybridized carbons (Fsp3) is 0.500. The molecular formula is C14H19N3O. The summed E-state index contributed by atoms with van der Waals surface area (Å²) in [5, 5.41) is 12.7. The van der Waals surface area contributed by atoms with Gasteiger partial charge in [0.05, 0.1) is 12.7 Å². The van der Waals surface area contributed by atoms with Gasteiger partial charge in [-0.1, -0.05) is 24.3 Å². The molecule has 1 aromatic carbocycles. The Hall–Kier alpha value is -1.41. The van der Waals surface area contributed by atoms with Crippen LogP contribution in [0.5, 0.6) is 0 Å². The van der Waals surface area contributed by atoms with Crippen LogP contribution in [0.4, 0.5) is 0 Å². The van der Waals surface area contributed by atoms with Crippen LogP contribution in [-0.4, -0.2) is 38.2 Å². The molecule has 0 aromatic heterocycles. The summed E-state index contributed by atoms with van der Waals surface area (Å²) in [7, 11) is 1.69. The normalized spacial score (nSPS) is 18.2. The predicted octanol–water partition coefficient (Wildman–Crippen LogP) is 1.30. The van der Waals surface area contributed by atoms with Crippen molar-refractivity contribution in [2.24, 2.45) is 0 Å². The minimum absolute atomic E-state index is 0.149. The van der Waals surface area contributed by atoms with Crippen LogP contribution in [0.25, 0.3) is 0 Å². The minimum Gasteiger partial charge on any atom is -0.380 e. The average Bonchev–Trinajstić information content (AvgIpc) is 2.42. The second-order valence-electron chi connectivity index (χ2n) is 4.50. The maximum Gasteiger partial charge on any atom is 0.123 e. The molecule has 0 bridgehead atoms. The topological polar surface area (TPSA) is 48.3 Å². The monoisotopic (exact) mass is 245 g/mol. The number of nitriles is 1. The molecule has 0 amide bonds. The highest BCUT2D eigenvalue weighted by Gasteiger charge is 2.21. The Kier molecular flexibility index (Phi) is 4.71. The van der Waals surface area contributed by atoms with Crippen molar-refractivity contribution in [3.8, 4) is 6.07 Å². The lowest BCUT2D eigenvalue weighted by Crippen LogP contribution is -2.44. The van der Waals surface area contributed by atoms with Crippen LogP contribution in [0.2, 0.25) is 0 Å². The largest absolute Gasteiger partial charge is 0.380 e. The summed E-state index contributed by atoms with van der Waals surface area (Å²) in [4.78, 5) is 2.22. The Balaban J connectivity index is 2.16. The fourth-order valence-electron chi connectivity index (χ4n) is 2.33. The number of nitrogens with zero attached hydrogens (tertiary/aromatic N) is 2. The summed E-state index contributed by atoms with van der Waals surface area (Å²) in [6, 6.07) is 10.4. The van der Waals surface area contributed by atoms with Crippen molar-refractivity contribution in [2.45, 2.75) is 12.6 Å². The van der Waals surface area contributed by atoms with Crippen LogP contribution in [0.1, 0.15) is 17.2 Å². The molecule has 2 rings (SSSR count). The molecule has 18 heavy (non-hydrogen) atoms. The van der Waals surface area contributed by atoms with Crippen LogP contribution in [0.15, 0.2) is 24.3 Å². The fourth-order valence-corrected chi connectivity index (χ4v) is 2.33. The SMILES string of the molecule is COCc1cccc(C(C#N)N2CCNCC2)c1. The van der Waals surface area contributed by atoms with Gasteiger partial charge in [-0.15, -0.1) is 0 Å². The molecule has 1 heterocycles. The number of hydrogen-bond donors (Lipinski definition) is 1. The van der Waals surface area contributed by atoms with E-state index in [1.54, 1.807) is 7.11 Å². The smallest absolute Gasteiger partial charge is 0.123 e. The molecule has 1 aliphatic rings. The number of nitrogens with one attached hydrogen (secondary N) is 1. The van der Waals surface area contributed by atoms with Gasteiger partial charge in [0.1, 0.15) is 6.04 Å². The first-order valence-electron chi connectivity index (χ1n) is 6.27. The van der Waals surface area contributed by atoms with Gasteiger partial charge < -0.3 is 10.1 Å². The van der Waals surface area contributed by atoms with E-state index < -0.39 is 0 Å². The quantitative estimate of drug-likeness (QED) is 0.868. The Labute approximate surface area is 108 Å². The van der Waals surface area contributed by atoms with Crippen LogP contribution >= 0.6 is 0 Å². The number of benzene rings is 1. The lowest BCUT2D eigenvalue weighted by Gasteiger charge is -2.31. The van der Waals surface area contributed by atoms with E-state index in [9.17, 15) is 5.26 Å². The molecule has 0 spiro atoms. The van der Waals surface area contributed by atoms with Crippen molar-refractivity contribution in [1.82, 2.24) is 10.2 Å². The van der Waals surface area contributed by atoms with E-state index in [4.69, 9.17) is 4.74 Å². The minimum atomic E-state index is -0.149. The molecular weight excluding hydrogens is 226 g/mol. The molecule has 0 aliphatic carbocycles. The van der Waals surface area contributed by atoms with Gasteiger partial charge in [0, 0.05) is 33.3 Å². The molecule has 4 heteroatoms. The number of ether oxygens (including phenoxy) is 1. The van der Waals surface area contributed by atoms with E-state index in [-0.39, 0.29) is 6.04 Å². The van der Waals surface area contributed by atoms with E-state index >= 15 is 0 Å². The highest BCUT2D eigenvalue weighted by Crippen LogP contribution is 2.21. The maximum absolute atomic E-state index is 9.41. The number of piperazine rings is 1. The maximum atomic E-state index is 9.41. The zero-order valence-electron chi connectivity index (χ0n) is 10.7. The first kappa shape index (κ1) is 13.0.